The van der Waals surface area contributed by atoms with Crippen LogP contribution in [0.2, 0.25) is 0 Å². The molecule has 1 aromatic carbocycles. The normalized spacial score (nSPS) is 27.8. The smallest absolute Gasteiger partial charge is 0.184 e. The Labute approximate surface area is 77.5 Å². The van der Waals surface area contributed by atoms with Gasteiger partial charge in [0.1, 0.15) is 0 Å². The summed E-state index contributed by atoms with van der Waals surface area (Å²) in [4.78, 5) is 0. The molecule has 3 nitrogen and oxygen atoms in total. The molecule has 1 aliphatic rings. The number of nitrogens with two attached hydrogens (primary N) is 1. The zero-order valence-corrected chi connectivity index (χ0v) is 7.35. The van der Waals surface area contributed by atoms with Crippen molar-refractivity contribution in [3.63, 3.8) is 0 Å². The summed E-state index contributed by atoms with van der Waals surface area (Å²) in [5, 5.41) is 0. The van der Waals surface area contributed by atoms with Crippen molar-refractivity contribution in [1.82, 2.24) is 0 Å². The van der Waals surface area contributed by atoms with Gasteiger partial charge in [-0.3, -0.25) is 0 Å². The first-order chi connectivity index (χ1) is 6.40. The van der Waals surface area contributed by atoms with E-state index in [2.05, 4.69) is 0 Å². The van der Waals surface area contributed by atoms with E-state index in [-0.39, 0.29) is 12.4 Å². The lowest BCUT2D eigenvalue weighted by atomic mass is 10.2. The first kappa shape index (κ1) is 8.69. The Morgan fingerprint density at radius 1 is 1.31 bits per heavy atom. The third kappa shape index (κ3) is 1.88. The molecule has 1 heterocycles. The summed E-state index contributed by atoms with van der Waals surface area (Å²) in [6.45, 7) is 1.11. The van der Waals surface area contributed by atoms with Crippen LogP contribution in [0.1, 0.15) is 11.9 Å². The van der Waals surface area contributed by atoms with Gasteiger partial charge in [-0.15, -0.1) is 0 Å². The van der Waals surface area contributed by atoms with Gasteiger partial charge in [0.25, 0.3) is 0 Å². The van der Waals surface area contributed by atoms with Crippen LogP contribution < -0.4 is 5.73 Å². The second kappa shape index (κ2) is 3.87. The van der Waals surface area contributed by atoms with Gasteiger partial charge in [-0.25, -0.2) is 0 Å². The SMILES string of the molecule is NCC1COC(c2ccccc2)O1. The van der Waals surface area contributed by atoms with E-state index in [1.165, 1.54) is 0 Å². The molecule has 0 bridgehead atoms. The topological polar surface area (TPSA) is 44.5 Å². The molecule has 1 aliphatic heterocycles. The van der Waals surface area contributed by atoms with Crippen LogP contribution in [0.15, 0.2) is 30.3 Å². The van der Waals surface area contributed by atoms with Gasteiger partial charge in [-0.1, -0.05) is 30.3 Å². The molecular formula is C10H13NO2. The minimum Gasteiger partial charge on any atom is -0.346 e. The number of hydrogen-bond donors (Lipinski definition) is 1. The van der Waals surface area contributed by atoms with Crippen LogP contribution in [0.3, 0.4) is 0 Å². The van der Waals surface area contributed by atoms with E-state index in [0.29, 0.717) is 13.2 Å². The van der Waals surface area contributed by atoms with Gasteiger partial charge in [0.15, 0.2) is 6.29 Å². The monoisotopic (exact) mass is 179 g/mol. The summed E-state index contributed by atoms with van der Waals surface area (Å²) in [5.74, 6) is 0. The minimum atomic E-state index is -0.227. The number of ether oxygens (including phenoxy) is 2. The van der Waals surface area contributed by atoms with Crippen LogP contribution in [0.25, 0.3) is 0 Å². The molecule has 0 aliphatic carbocycles. The van der Waals surface area contributed by atoms with Gasteiger partial charge < -0.3 is 15.2 Å². The molecule has 2 rings (SSSR count). The fourth-order valence-electron chi connectivity index (χ4n) is 1.36. The molecule has 70 valence electrons. The van der Waals surface area contributed by atoms with Crippen LogP contribution in [0, 0.1) is 0 Å². The molecule has 2 atom stereocenters. The lowest BCUT2D eigenvalue weighted by Crippen LogP contribution is -2.21. The van der Waals surface area contributed by atoms with Crippen LogP contribution in [-0.2, 0) is 9.47 Å². The predicted molar refractivity (Wildman–Crippen MR) is 49.1 cm³/mol. The highest BCUT2D eigenvalue weighted by atomic mass is 16.7. The van der Waals surface area contributed by atoms with Crippen molar-refractivity contribution in [1.29, 1.82) is 0 Å². The Bertz CT molecular complexity index is 263. The quantitative estimate of drug-likeness (QED) is 0.738. The molecule has 13 heavy (non-hydrogen) atoms. The molecule has 0 spiro atoms. The van der Waals surface area contributed by atoms with E-state index in [1.54, 1.807) is 0 Å². The van der Waals surface area contributed by atoms with Crippen molar-refractivity contribution in [2.24, 2.45) is 5.73 Å². The fraction of sp³-hybridized carbons (Fsp3) is 0.400. The predicted octanol–water partition coefficient (Wildman–Crippen LogP) is 1.06. The zero-order valence-electron chi connectivity index (χ0n) is 7.35. The van der Waals surface area contributed by atoms with Crippen molar-refractivity contribution in [3.05, 3.63) is 35.9 Å². The number of rotatable bonds is 2. The summed E-state index contributed by atoms with van der Waals surface area (Å²) in [7, 11) is 0. The minimum absolute atomic E-state index is 0.0465. The second-order valence-electron chi connectivity index (χ2n) is 3.07. The highest BCUT2D eigenvalue weighted by Gasteiger charge is 2.25. The molecule has 1 fully saturated rings. The van der Waals surface area contributed by atoms with Crippen LogP contribution >= 0.6 is 0 Å². The maximum absolute atomic E-state index is 5.55. The maximum atomic E-state index is 5.55. The standard InChI is InChI=1S/C10H13NO2/c11-6-9-7-12-10(13-9)8-4-2-1-3-5-8/h1-5,9-10H,6-7,11H2. The molecule has 0 amide bonds. The van der Waals surface area contributed by atoms with Gasteiger partial charge in [0.2, 0.25) is 0 Å². The third-order valence-electron chi connectivity index (χ3n) is 2.08. The summed E-state index contributed by atoms with van der Waals surface area (Å²) in [6.07, 6.45) is -0.181. The van der Waals surface area contributed by atoms with E-state index in [1.807, 2.05) is 30.3 Å². The lowest BCUT2D eigenvalue weighted by molar-refractivity contribution is -0.0585. The molecule has 2 N–H and O–H groups in total. The van der Waals surface area contributed by atoms with Gasteiger partial charge in [0.05, 0.1) is 12.7 Å². The van der Waals surface area contributed by atoms with Crippen molar-refractivity contribution >= 4 is 0 Å². The summed E-state index contributed by atoms with van der Waals surface area (Å²) in [6, 6.07) is 9.89. The van der Waals surface area contributed by atoms with Crippen LogP contribution in [-0.4, -0.2) is 19.3 Å². The lowest BCUT2D eigenvalue weighted by Gasteiger charge is -2.09. The van der Waals surface area contributed by atoms with Crippen LogP contribution in [0.4, 0.5) is 0 Å². The number of benzene rings is 1. The molecule has 0 saturated carbocycles. The van der Waals surface area contributed by atoms with E-state index in [0.717, 1.165) is 5.56 Å². The molecule has 0 radical (unpaired) electrons. The highest BCUT2D eigenvalue weighted by Crippen LogP contribution is 2.25. The zero-order chi connectivity index (χ0) is 9.10. The molecule has 0 aromatic heterocycles. The van der Waals surface area contributed by atoms with E-state index < -0.39 is 0 Å². The largest absolute Gasteiger partial charge is 0.346 e. The molecule has 3 heteroatoms. The molecule has 1 aromatic rings. The summed E-state index contributed by atoms with van der Waals surface area (Å²) >= 11 is 0. The average molecular weight is 179 g/mol. The average Bonchev–Trinajstić information content (AvgIpc) is 2.67. The molecule has 2 unspecified atom stereocenters. The Hall–Kier alpha value is -0.900. The maximum Gasteiger partial charge on any atom is 0.184 e. The van der Waals surface area contributed by atoms with Gasteiger partial charge in [0, 0.05) is 12.1 Å². The van der Waals surface area contributed by atoms with Crippen molar-refractivity contribution < 1.29 is 9.47 Å². The Balaban J connectivity index is 2.04. The van der Waals surface area contributed by atoms with Crippen LogP contribution in [0.5, 0.6) is 0 Å². The van der Waals surface area contributed by atoms with E-state index in [9.17, 15) is 0 Å². The Morgan fingerprint density at radius 3 is 2.69 bits per heavy atom. The van der Waals surface area contributed by atoms with Crippen molar-refractivity contribution in [2.75, 3.05) is 13.2 Å². The Morgan fingerprint density at radius 2 is 2.08 bits per heavy atom. The van der Waals surface area contributed by atoms with E-state index >= 15 is 0 Å². The summed E-state index contributed by atoms with van der Waals surface area (Å²) < 4.78 is 11.0. The van der Waals surface area contributed by atoms with Crippen molar-refractivity contribution in [2.45, 2.75) is 12.4 Å². The van der Waals surface area contributed by atoms with Crippen molar-refractivity contribution in [3.8, 4) is 0 Å². The van der Waals surface area contributed by atoms with Gasteiger partial charge >= 0.3 is 0 Å². The van der Waals surface area contributed by atoms with E-state index in [4.69, 9.17) is 15.2 Å². The van der Waals surface area contributed by atoms with Gasteiger partial charge in [-0.05, 0) is 0 Å². The molecule has 1 saturated heterocycles. The molecular weight excluding hydrogens is 166 g/mol. The second-order valence-corrected chi connectivity index (χ2v) is 3.07. The first-order valence-corrected chi connectivity index (χ1v) is 4.42. The Kier molecular flexibility index (Phi) is 2.59. The van der Waals surface area contributed by atoms with Gasteiger partial charge in [-0.2, -0.15) is 0 Å². The highest BCUT2D eigenvalue weighted by molar-refractivity contribution is 5.16. The first-order valence-electron chi connectivity index (χ1n) is 4.42. The third-order valence-corrected chi connectivity index (χ3v) is 2.08. The fourth-order valence-corrected chi connectivity index (χ4v) is 1.36. The number of hydrogen-bond acceptors (Lipinski definition) is 3. The summed E-state index contributed by atoms with van der Waals surface area (Å²) in [5.41, 5.74) is 6.52.